The molecule has 0 amide bonds. The molecular formula is C17H17F2N3O2. The van der Waals surface area contributed by atoms with Crippen LogP contribution in [0, 0.1) is 18.6 Å². The fourth-order valence-corrected chi connectivity index (χ4v) is 2.59. The van der Waals surface area contributed by atoms with E-state index in [2.05, 4.69) is 9.97 Å². The SMILES string of the molecule is CCC(O)Cn1c(=O)[nH]c2ncc(-c3ccc(F)c(C)c3F)cc21. The Bertz CT molecular complexity index is 962. The Morgan fingerprint density at radius 2 is 2.12 bits per heavy atom. The molecule has 7 heteroatoms. The highest BCUT2D eigenvalue weighted by atomic mass is 19.1. The van der Waals surface area contributed by atoms with Gasteiger partial charge in [-0.05, 0) is 31.5 Å². The van der Waals surface area contributed by atoms with Crippen molar-refractivity contribution in [1.29, 1.82) is 0 Å². The number of nitrogens with zero attached hydrogens (tertiary/aromatic N) is 2. The first-order valence-electron chi connectivity index (χ1n) is 7.64. The van der Waals surface area contributed by atoms with Crippen LogP contribution < -0.4 is 5.69 Å². The third kappa shape index (κ3) is 2.71. The van der Waals surface area contributed by atoms with Gasteiger partial charge < -0.3 is 5.11 Å². The second-order valence-corrected chi connectivity index (χ2v) is 5.73. The van der Waals surface area contributed by atoms with E-state index in [1.165, 1.54) is 29.8 Å². The van der Waals surface area contributed by atoms with Crippen LogP contribution in [0.1, 0.15) is 18.9 Å². The van der Waals surface area contributed by atoms with Gasteiger partial charge in [-0.25, -0.2) is 18.6 Å². The monoisotopic (exact) mass is 333 g/mol. The van der Waals surface area contributed by atoms with Crippen LogP contribution in [0.15, 0.2) is 29.2 Å². The van der Waals surface area contributed by atoms with E-state index >= 15 is 0 Å². The molecule has 1 unspecified atom stereocenters. The number of aromatic amines is 1. The highest BCUT2D eigenvalue weighted by molar-refractivity contribution is 5.78. The fourth-order valence-electron chi connectivity index (χ4n) is 2.59. The van der Waals surface area contributed by atoms with Crippen LogP contribution in [-0.4, -0.2) is 25.7 Å². The predicted octanol–water partition coefficient (Wildman–Crippen LogP) is 2.75. The minimum atomic E-state index is -0.671. The zero-order valence-corrected chi connectivity index (χ0v) is 13.3. The van der Waals surface area contributed by atoms with Gasteiger partial charge >= 0.3 is 5.69 Å². The zero-order chi connectivity index (χ0) is 17.4. The molecule has 0 spiro atoms. The molecule has 3 rings (SSSR count). The first-order valence-corrected chi connectivity index (χ1v) is 7.64. The van der Waals surface area contributed by atoms with Gasteiger partial charge in [-0.15, -0.1) is 0 Å². The number of fused-ring (bicyclic) bond motifs is 1. The maximum Gasteiger partial charge on any atom is 0.327 e. The van der Waals surface area contributed by atoms with Gasteiger partial charge in [0.1, 0.15) is 11.6 Å². The summed E-state index contributed by atoms with van der Waals surface area (Å²) in [5.74, 6) is -1.27. The summed E-state index contributed by atoms with van der Waals surface area (Å²) in [6.45, 7) is 3.29. The summed E-state index contributed by atoms with van der Waals surface area (Å²) in [6, 6.07) is 4.15. The number of rotatable bonds is 4. The molecule has 2 N–H and O–H groups in total. The minimum Gasteiger partial charge on any atom is -0.391 e. The predicted molar refractivity (Wildman–Crippen MR) is 86.7 cm³/mol. The van der Waals surface area contributed by atoms with Crippen molar-refractivity contribution in [2.75, 3.05) is 0 Å². The van der Waals surface area contributed by atoms with E-state index in [1.807, 2.05) is 6.92 Å². The van der Waals surface area contributed by atoms with Crippen molar-refractivity contribution in [1.82, 2.24) is 14.5 Å². The Morgan fingerprint density at radius 1 is 1.38 bits per heavy atom. The molecule has 0 aliphatic rings. The lowest BCUT2D eigenvalue weighted by molar-refractivity contribution is 0.150. The van der Waals surface area contributed by atoms with E-state index in [0.29, 0.717) is 23.1 Å². The van der Waals surface area contributed by atoms with Crippen LogP contribution in [0.5, 0.6) is 0 Å². The number of benzene rings is 1. The first kappa shape index (κ1) is 16.3. The van der Waals surface area contributed by atoms with Crippen LogP contribution in [-0.2, 0) is 6.54 Å². The standard InChI is InChI=1S/C17H17F2N3O2/c1-3-11(23)8-22-14-6-10(7-20-16(14)21-17(22)24)12-4-5-13(18)9(2)15(12)19/h4-7,11,23H,3,8H2,1-2H3,(H,20,21,24). The Kier molecular flexibility index (Phi) is 4.19. The first-order chi connectivity index (χ1) is 11.4. The second kappa shape index (κ2) is 6.16. The molecule has 0 aliphatic heterocycles. The number of nitrogens with one attached hydrogen (secondary N) is 1. The summed E-state index contributed by atoms with van der Waals surface area (Å²) in [5.41, 5.74) is 0.998. The smallest absolute Gasteiger partial charge is 0.327 e. The Hall–Kier alpha value is -2.54. The summed E-state index contributed by atoms with van der Waals surface area (Å²) in [5, 5.41) is 9.82. The number of pyridine rings is 1. The fraction of sp³-hybridized carbons (Fsp3) is 0.294. The van der Waals surface area contributed by atoms with Crippen LogP contribution in [0.3, 0.4) is 0 Å². The van der Waals surface area contributed by atoms with Crippen LogP contribution in [0.2, 0.25) is 0 Å². The molecule has 1 aromatic carbocycles. The van der Waals surface area contributed by atoms with Gasteiger partial charge in [0.15, 0.2) is 5.65 Å². The topological polar surface area (TPSA) is 70.9 Å². The van der Waals surface area contributed by atoms with E-state index in [9.17, 15) is 18.7 Å². The molecule has 24 heavy (non-hydrogen) atoms. The van der Waals surface area contributed by atoms with Crippen molar-refractivity contribution in [2.45, 2.75) is 32.9 Å². The van der Waals surface area contributed by atoms with Crippen molar-refractivity contribution in [3.63, 3.8) is 0 Å². The molecule has 1 atom stereocenters. The van der Waals surface area contributed by atoms with E-state index in [-0.39, 0.29) is 17.7 Å². The number of aliphatic hydroxyl groups excluding tert-OH is 1. The summed E-state index contributed by atoms with van der Waals surface area (Å²) < 4.78 is 29.1. The molecular weight excluding hydrogens is 316 g/mol. The van der Waals surface area contributed by atoms with Gasteiger partial charge in [-0.1, -0.05) is 6.92 Å². The molecule has 0 saturated carbocycles. The van der Waals surface area contributed by atoms with Gasteiger partial charge in [-0.2, -0.15) is 0 Å². The summed E-state index contributed by atoms with van der Waals surface area (Å²) in [4.78, 5) is 18.8. The lowest BCUT2D eigenvalue weighted by atomic mass is 10.0. The van der Waals surface area contributed by atoms with Gasteiger partial charge in [0, 0.05) is 22.9 Å². The maximum atomic E-state index is 14.3. The molecule has 3 aromatic rings. The molecule has 0 fully saturated rings. The number of H-pyrrole nitrogens is 1. The van der Waals surface area contributed by atoms with Crippen LogP contribution in [0.4, 0.5) is 8.78 Å². The lowest BCUT2D eigenvalue weighted by Gasteiger charge is -2.10. The van der Waals surface area contributed by atoms with Crippen LogP contribution in [0.25, 0.3) is 22.3 Å². The van der Waals surface area contributed by atoms with Crippen molar-refractivity contribution < 1.29 is 13.9 Å². The molecule has 126 valence electrons. The number of hydrogen-bond donors (Lipinski definition) is 2. The van der Waals surface area contributed by atoms with Gasteiger partial charge in [0.25, 0.3) is 0 Å². The lowest BCUT2D eigenvalue weighted by Crippen LogP contribution is -2.24. The van der Waals surface area contributed by atoms with E-state index in [0.717, 1.165) is 0 Å². The minimum absolute atomic E-state index is 0.0690. The molecule has 0 bridgehead atoms. The van der Waals surface area contributed by atoms with Crippen molar-refractivity contribution in [2.24, 2.45) is 0 Å². The number of aromatic nitrogens is 3. The van der Waals surface area contributed by atoms with Gasteiger partial charge in [-0.3, -0.25) is 9.55 Å². The molecule has 2 aromatic heterocycles. The number of halogens is 2. The normalized spacial score (nSPS) is 12.7. The van der Waals surface area contributed by atoms with Crippen molar-refractivity contribution >= 4 is 11.2 Å². The number of hydrogen-bond acceptors (Lipinski definition) is 3. The average molecular weight is 333 g/mol. The van der Waals surface area contributed by atoms with Crippen molar-refractivity contribution in [3.05, 3.63) is 52.1 Å². The summed E-state index contributed by atoms with van der Waals surface area (Å²) >= 11 is 0. The third-order valence-electron chi connectivity index (χ3n) is 4.12. The molecule has 2 heterocycles. The number of imidazole rings is 1. The molecule has 0 saturated heterocycles. The van der Waals surface area contributed by atoms with Gasteiger partial charge in [0.05, 0.1) is 18.2 Å². The largest absolute Gasteiger partial charge is 0.391 e. The number of aliphatic hydroxyl groups is 1. The van der Waals surface area contributed by atoms with E-state index in [1.54, 1.807) is 6.07 Å². The van der Waals surface area contributed by atoms with Crippen molar-refractivity contribution in [3.8, 4) is 11.1 Å². The van der Waals surface area contributed by atoms with E-state index in [4.69, 9.17) is 0 Å². The van der Waals surface area contributed by atoms with Gasteiger partial charge in [0.2, 0.25) is 0 Å². The Balaban J connectivity index is 2.16. The summed E-state index contributed by atoms with van der Waals surface area (Å²) in [6.07, 6.45) is 1.25. The maximum absolute atomic E-state index is 14.3. The molecule has 0 radical (unpaired) electrons. The highest BCUT2D eigenvalue weighted by Gasteiger charge is 2.15. The zero-order valence-electron chi connectivity index (χ0n) is 13.3. The Labute approximate surface area is 136 Å². The van der Waals surface area contributed by atoms with E-state index < -0.39 is 23.4 Å². The second-order valence-electron chi connectivity index (χ2n) is 5.73. The third-order valence-corrected chi connectivity index (χ3v) is 4.12. The average Bonchev–Trinajstić information content (AvgIpc) is 2.88. The highest BCUT2D eigenvalue weighted by Crippen LogP contribution is 2.27. The Morgan fingerprint density at radius 3 is 2.83 bits per heavy atom. The molecule has 0 aliphatic carbocycles. The molecule has 5 nitrogen and oxygen atoms in total. The summed E-state index contributed by atoms with van der Waals surface area (Å²) in [7, 11) is 0. The van der Waals surface area contributed by atoms with Crippen LogP contribution >= 0.6 is 0 Å². The quantitative estimate of drug-likeness (QED) is 0.771.